The van der Waals surface area contributed by atoms with Crippen molar-refractivity contribution in [2.45, 2.75) is 26.4 Å². The summed E-state index contributed by atoms with van der Waals surface area (Å²) in [4.78, 5) is 13.9. The maximum absolute atomic E-state index is 11.5. The standard InChI is InChI=1S/C18H23N3O3/c1-3-21-17(18(22)23)16(12-19-21)15-6-4-14(5-7-15)13(2)20-8-10-24-11-9-20/h4-7,12-13H,3,8-11H2,1-2H3,(H,22,23)/t13-/m0/s1. The second-order valence-electron chi connectivity index (χ2n) is 5.97. The lowest BCUT2D eigenvalue weighted by molar-refractivity contribution is 0.0198. The number of carbonyl (C=O) groups is 1. The van der Waals surface area contributed by atoms with E-state index in [9.17, 15) is 9.90 Å². The highest BCUT2D eigenvalue weighted by molar-refractivity contribution is 5.94. The Kier molecular flexibility index (Phi) is 4.97. The predicted octanol–water partition coefficient (Wildman–Crippen LogP) is 2.66. The smallest absolute Gasteiger partial charge is 0.354 e. The third-order valence-electron chi connectivity index (χ3n) is 4.64. The molecule has 1 aliphatic rings. The number of rotatable bonds is 5. The van der Waals surface area contributed by atoms with Crippen molar-refractivity contribution in [3.8, 4) is 11.1 Å². The van der Waals surface area contributed by atoms with Gasteiger partial charge in [0.2, 0.25) is 0 Å². The van der Waals surface area contributed by atoms with E-state index in [1.807, 2.05) is 19.1 Å². The predicted molar refractivity (Wildman–Crippen MR) is 91.1 cm³/mol. The minimum Gasteiger partial charge on any atom is -0.477 e. The van der Waals surface area contributed by atoms with Crippen LogP contribution >= 0.6 is 0 Å². The molecule has 1 N–H and O–H groups in total. The quantitative estimate of drug-likeness (QED) is 0.913. The number of carboxylic acid groups (broad SMARTS) is 1. The number of aromatic carboxylic acids is 1. The largest absolute Gasteiger partial charge is 0.477 e. The molecule has 0 aliphatic carbocycles. The summed E-state index contributed by atoms with van der Waals surface area (Å²) in [5.74, 6) is -0.949. The molecule has 1 fully saturated rings. The first kappa shape index (κ1) is 16.7. The van der Waals surface area contributed by atoms with Crippen LogP contribution in [0.5, 0.6) is 0 Å². The first-order valence-corrected chi connectivity index (χ1v) is 8.33. The third kappa shape index (κ3) is 3.20. The number of carboxylic acids is 1. The molecule has 2 heterocycles. The zero-order valence-electron chi connectivity index (χ0n) is 14.1. The molecule has 128 valence electrons. The van der Waals surface area contributed by atoms with Gasteiger partial charge in [0, 0.05) is 31.2 Å². The molecule has 0 bridgehead atoms. The van der Waals surface area contributed by atoms with Crippen molar-refractivity contribution in [3.05, 3.63) is 41.7 Å². The van der Waals surface area contributed by atoms with Crippen LogP contribution in [-0.4, -0.2) is 52.1 Å². The van der Waals surface area contributed by atoms with Crippen LogP contribution in [0, 0.1) is 0 Å². The normalized spacial score (nSPS) is 16.9. The van der Waals surface area contributed by atoms with Gasteiger partial charge in [-0.3, -0.25) is 9.58 Å². The van der Waals surface area contributed by atoms with Gasteiger partial charge in [-0.1, -0.05) is 24.3 Å². The molecule has 6 heteroatoms. The molecule has 24 heavy (non-hydrogen) atoms. The molecule has 3 rings (SSSR count). The summed E-state index contributed by atoms with van der Waals surface area (Å²) in [7, 11) is 0. The molecule has 0 unspecified atom stereocenters. The number of aromatic nitrogens is 2. The van der Waals surface area contributed by atoms with Crippen LogP contribution in [0.3, 0.4) is 0 Å². The molecule has 0 saturated carbocycles. The Balaban J connectivity index is 1.84. The number of aryl methyl sites for hydroxylation is 1. The minimum atomic E-state index is -0.949. The second-order valence-corrected chi connectivity index (χ2v) is 5.97. The molecule has 0 spiro atoms. The first-order valence-electron chi connectivity index (χ1n) is 8.33. The molecule has 1 aromatic carbocycles. The van der Waals surface area contributed by atoms with Gasteiger partial charge in [0.1, 0.15) is 0 Å². The number of hydrogen-bond acceptors (Lipinski definition) is 4. The zero-order valence-corrected chi connectivity index (χ0v) is 14.1. The molecule has 6 nitrogen and oxygen atoms in total. The van der Waals surface area contributed by atoms with E-state index in [0.29, 0.717) is 18.2 Å². The fraction of sp³-hybridized carbons (Fsp3) is 0.444. The van der Waals surface area contributed by atoms with E-state index < -0.39 is 5.97 Å². The summed E-state index contributed by atoms with van der Waals surface area (Å²) in [6.45, 7) is 8.05. The van der Waals surface area contributed by atoms with E-state index in [1.165, 1.54) is 10.2 Å². The summed E-state index contributed by atoms with van der Waals surface area (Å²) < 4.78 is 6.92. The van der Waals surface area contributed by atoms with Crippen LogP contribution in [0.25, 0.3) is 11.1 Å². The third-order valence-corrected chi connectivity index (χ3v) is 4.64. The van der Waals surface area contributed by atoms with Crippen molar-refractivity contribution in [1.29, 1.82) is 0 Å². The molecular formula is C18H23N3O3. The van der Waals surface area contributed by atoms with Crippen LogP contribution in [-0.2, 0) is 11.3 Å². The average Bonchev–Trinajstić information content (AvgIpc) is 3.06. The molecular weight excluding hydrogens is 306 g/mol. The van der Waals surface area contributed by atoms with E-state index in [0.717, 1.165) is 31.9 Å². The number of morpholine rings is 1. The van der Waals surface area contributed by atoms with Crippen molar-refractivity contribution in [2.75, 3.05) is 26.3 Å². The van der Waals surface area contributed by atoms with Crippen LogP contribution in [0.15, 0.2) is 30.5 Å². The highest BCUT2D eigenvalue weighted by Gasteiger charge is 2.20. The van der Waals surface area contributed by atoms with Crippen LogP contribution in [0.4, 0.5) is 0 Å². The lowest BCUT2D eigenvalue weighted by Crippen LogP contribution is -2.37. The lowest BCUT2D eigenvalue weighted by atomic mass is 10.0. The first-order chi connectivity index (χ1) is 11.6. The van der Waals surface area contributed by atoms with Crippen molar-refractivity contribution < 1.29 is 14.6 Å². The maximum Gasteiger partial charge on any atom is 0.354 e. The number of nitrogens with zero attached hydrogens (tertiary/aromatic N) is 3. The maximum atomic E-state index is 11.5. The van der Waals surface area contributed by atoms with E-state index >= 15 is 0 Å². The summed E-state index contributed by atoms with van der Waals surface area (Å²) >= 11 is 0. The second kappa shape index (κ2) is 7.15. The van der Waals surface area contributed by atoms with Gasteiger partial charge in [-0.25, -0.2) is 4.79 Å². The van der Waals surface area contributed by atoms with E-state index in [2.05, 4.69) is 29.1 Å². The Bertz CT molecular complexity index is 703. The van der Waals surface area contributed by atoms with Gasteiger partial charge in [-0.15, -0.1) is 0 Å². The molecule has 1 aliphatic heterocycles. The zero-order chi connectivity index (χ0) is 17.1. The number of benzene rings is 1. The highest BCUT2D eigenvalue weighted by atomic mass is 16.5. The van der Waals surface area contributed by atoms with Crippen molar-refractivity contribution in [1.82, 2.24) is 14.7 Å². The summed E-state index contributed by atoms with van der Waals surface area (Å²) in [5.41, 5.74) is 3.01. The molecule has 1 saturated heterocycles. The lowest BCUT2D eigenvalue weighted by Gasteiger charge is -2.32. The molecule has 0 amide bonds. The average molecular weight is 329 g/mol. The van der Waals surface area contributed by atoms with Crippen LogP contribution in [0.1, 0.15) is 35.9 Å². The Hall–Kier alpha value is -2.18. The van der Waals surface area contributed by atoms with Gasteiger partial charge in [0.15, 0.2) is 5.69 Å². The SMILES string of the molecule is CCn1ncc(-c2ccc([C@H](C)N3CCOCC3)cc2)c1C(=O)O. The van der Waals surface area contributed by atoms with Crippen molar-refractivity contribution >= 4 is 5.97 Å². The van der Waals surface area contributed by atoms with Gasteiger partial charge in [0.05, 0.1) is 19.4 Å². The van der Waals surface area contributed by atoms with Crippen LogP contribution < -0.4 is 0 Å². The van der Waals surface area contributed by atoms with Gasteiger partial charge >= 0.3 is 5.97 Å². The van der Waals surface area contributed by atoms with E-state index in [4.69, 9.17) is 4.74 Å². The fourth-order valence-electron chi connectivity index (χ4n) is 3.18. The number of hydrogen-bond donors (Lipinski definition) is 1. The number of ether oxygens (including phenoxy) is 1. The summed E-state index contributed by atoms with van der Waals surface area (Å²) in [6, 6.07) is 8.43. The molecule has 1 aromatic heterocycles. The van der Waals surface area contributed by atoms with E-state index in [1.54, 1.807) is 6.20 Å². The van der Waals surface area contributed by atoms with Gasteiger partial charge in [0.25, 0.3) is 0 Å². The van der Waals surface area contributed by atoms with Gasteiger partial charge < -0.3 is 9.84 Å². The fourth-order valence-corrected chi connectivity index (χ4v) is 3.18. The Morgan fingerprint density at radius 2 is 1.96 bits per heavy atom. The summed E-state index contributed by atoms with van der Waals surface area (Å²) in [6.07, 6.45) is 1.63. The monoisotopic (exact) mass is 329 g/mol. The van der Waals surface area contributed by atoms with Crippen molar-refractivity contribution in [2.24, 2.45) is 0 Å². The Labute approximate surface area is 141 Å². The molecule has 0 radical (unpaired) electrons. The highest BCUT2D eigenvalue weighted by Crippen LogP contribution is 2.27. The van der Waals surface area contributed by atoms with Crippen LogP contribution in [0.2, 0.25) is 0 Å². The molecule has 1 atom stereocenters. The van der Waals surface area contributed by atoms with Gasteiger partial charge in [-0.05, 0) is 25.0 Å². The van der Waals surface area contributed by atoms with E-state index in [-0.39, 0.29) is 5.69 Å². The Morgan fingerprint density at radius 1 is 1.29 bits per heavy atom. The summed E-state index contributed by atoms with van der Waals surface area (Å²) in [5, 5.41) is 13.6. The van der Waals surface area contributed by atoms with Gasteiger partial charge in [-0.2, -0.15) is 5.10 Å². The Morgan fingerprint density at radius 3 is 2.54 bits per heavy atom. The minimum absolute atomic E-state index is 0.242. The van der Waals surface area contributed by atoms with Crippen molar-refractivity contribution in [3.63, 3.8) is 0 Å². The molecule has 2 aromatic rings. The topological polar surface area (TPSA) is 67.6 Å².